The highest BCUT2D eigenvalue weighted by molar-refractivity contribution is 5.94. The number of hydrogen-bond acceptors (Lipinski definition) is 7. The van der Waals surface area contributed by atoms with Gasteiger partial charge in [-0.05, 0) is 49.4 Å². The van der Waals surface area contributed by atoms with Crippen LogP contribution in [0.3, 0.4) is 0 Å². The highest BCUT2D eigenvalue weighted by Crippen LogP contribution is 2.14. The van der Waals surface area contributed by atoms with E-state index < -0.39 is 53.8 Å². The summed E-state index contributed by atoms with van der Waals surface area (Å²) in [6.45, 7) is 4.17. The lowest BCUT2D eigenvalue weighted by atomic mass is 9.98. The first-order valence-electron chi connectivity index (χ1n) is 12.4. The SMILES string of the molecule is CCC(C)C(NC(=O)C(Cc1ccc(O)cc1)NC(=O)C(CCC(N)=O)NC(=O)C1CCCN1)C(=O)O. The van der Waals surface area contributed by atoms with E-state index in [1.165, 1.54) is 12.1 Å². The molecule has 1 heterocycles. The molecule has 4 amide bonds. The van der Waals surface area contributed by atoms with E-state index in [-0.39, 0.29) is 30.9 Å². The second-order valence-corrected chi connectivity index (χ2v) is 9.36. The Balaban J connectivity index is 2.24. The van der Waals surface area contributed by atoms with Gasteiger partial charge in [0.15, 0.2) is 0 Å². The second kappa shape index (κ2) is 14.2. The molecular weight excluding hydrogens is 482 g/mol. The number of carbonyl (C=O) groups is 5. The second-order valence-electron chi connectivity index (χ2n) is 9.36. The third-order valence-electron chi connectivity index (χ3n) is 6.48. The Kier molecular flexibility index (Phi) is 11.3. The highest BCUT2D eigenvalue weighted by Gasteiger charge is 2.33. The number of carbonyl (C=O) groups excluding carboxylic acids is 4. The minimum Gasteiger partial charge on any atom is -0.508 e. The standard InChI is InChI=1S/C25H37N5O7/c1-3-14(2)21(25(36)37)30-24(35)19(13-15-6-8-16(31)9-7-15)29-23(34)18(10-11-20(26)32)28-22(33)17-5-4-12-27-17/h6-9,14,17-19,21,27,31H,3-5,10-13H2,1-2H3,(H2,26,32)(H,28,33)(H,29,34)(H,30,35)(H,36,37). The van der Waals surface area contributed by atoms with E-state index in [0.717, 1.165) is 6.42 Å². The molecule has 0 saturated carbocycles. The number of phenols is 1. The fourth-order valence-electron chi connectivity index (χ4n) is 4.02. The predicted octanol–water partition coefficient (Wildman–Crippen LogP) is -0.463. The number of primary amides is 1. The van der Waals surface area contributed by atoms with Crippen molar-refractivity contribution in [2.75, 3.05) is 6.54 Å². The molecule has 0 spiro atoms. The monoisotopic (exact) mass is 519 g/mol. The van der Waals surface area contributed by atoms with Gasteiger partial charge in [-0.3, -0.25) is 19.2 Å². The van der Waals surface area contributed by atoms with Gasteiger partial charge in [-0.1, -0.05) is 32.4 Å². The first kappa shape index (κ1) is 29.6. The third-order valence-corrected chi connectivity index (χ3v) is 6.48. The number of rotatable bonds is 14. The summed E-state index contributed by atoms with van der Waals surface area (Å²) in [5.74, 6) is -4.02. The maximum absolute atomic E-state index is 13.2. The summed E-state index contributed by atoms with van der Waals surface area (Å²) in [5, 5.41) is 29.9. The predicted molar refractivity (Wildman–Crippen MR) is 134 cm³/mol. The molecule has 12 nitrogen and oxygen atoms in total. The summed E-state index contributed by atoms with van der Waals surface area (Å²) in [6, 6.07) is 2.03. The number of carboxylic acids is 1. The molecule has 2 rings (SSSR count). The van der Waals surface area contributed by atoms with Crippen molar-refractivity contribution >= 4 is 29.6 Å². The van der Waals surface area contributed by atoms with Crippen LogP contribution in [0.1, 0.15) is 51.5 Å². The Labute approximate surface area is 215 Å². The smallest absolute Gasteiger partial charge is 0.326 e. The molecule has 37 heavy (non-hydrogen) atoms. The van der Waals surface area contributed by atoms with Crippen LogP contribution < -0.4 is 27.0 Å². The molecule has 0 radical (unpaired) electrons. The van der Waals surface area contributed by atoms with Crippen molar-refractivity contribution in [3.8, 4) is 5.75 Å². The zero-order valence-electron chi connectivity index (χ0n) is 21.2. The van der Waals surface area contributed by atoms with Crippen molar-refractivity contribution in [1.29, 1.82) is 0 Å². The van der Waals surface area contributed by atoms with Crippen molar-refractivity contribution in [3.05, 3.63) is 29.8 Å². The highest BCUT2D eigenvalue weighted by atomic mass is 16.4. The zero-order valence-corrected chi connectivity index (χ0v) is 21.2. The van der Waals surface area contributed by atoms with Crippen LogP contribution in [0.15, 0.2) is 24.3 Å². The van der Waals surface area contributed by atoms with Gasteiger partial charge in [0.1, 0.15) is 23.9 Å². The zero-order chi connectivity index (χ0) is 27.5. The summed E-state index contributed by atoms with van der Waals surface area (Å²) < 4.78 is 0. The molecule has 1 saturated heterocycles. The Morgan fingerprint density at radius 2 is 1.70 bits per heavy atom. The van der Waals surface area contributed by atoms with Crippen molar-refractivity contribution in [2.24, 2.45) is 11.7 Å². The molecule has 0 aliphatic carbocycles. The molecule has 204 valence electrons. The molecule has 12 heteroatoms. The number of hydrogen-bond donors (Lipinski definition) is 7. The Morgan fingerprint density at radius 3 is 2.24 bits per heavy atom. The van der Waals surface area contributed by atoms with Gasteiger partial charge < -0.3 is 37.2 Å². The quantitative estimate of drug-likeness (QED) is 0.171. The van der Waals surface area contributed by atoms with E-state index in [9.17, 15) is 34.2 Å². The minimum absolute atomic E-state index is 0.00857. The lowest BCUT2D eigenvalue weighted by molar-refractivity contribution is -0.143. The average Bonchev–Trinajstić information content (AvgIpc) is 3.40. The van der Waals surface area contributed by atoms with Crippen molar-refractivity contribution in [3.63, 3.8) is 0 Å². The Bertz CT molecular complexity index is 963. The molecular formula is C25H37N5O7. The lowest BCUT2D eigenvalue weighted by Crippen LogP contribution is -2.58. The van der Waals surface area contributed by atoms with E-state index in [1.54, 1.807) is 26.0 Å². The number of nitrogens with one attached hydrogen (secondary N) is 4. The number of carboxylic acid groups (broad SMARTS) is 1. The van der Waals surface area contributed by atoms with Crippen LogP contribution in [0.5, 0.6) is 5.75 Å². The van der Waals surface area contributed by atoms with Crippen LogP contribution in [-0.4, -0.2) is 70.5 Å². The third kappa shape index (κ3) is 9.37. The van der Waals surface area contributed by atoms with E-state index in [2.05, 4.69) is 21.3 Å². The van der Waals surface area contributed by atoms with Gasteiger partial charge in [0, 0.05) is 12.8 Å². The van der Waals surface area contributed by atoms with Crippen molar-refractivity contribution < 1.29 is 34.2 Å². The Morgan fingerprint density at radius 1 is 1.05 bits per heavy atom. The molecule has 1 aromatic rings. The maximum atomic E-state index is 13.2. The molecule has 8 N–H and O–H groups in total. The molecule has 5 unspecified atom stereocenters. The summed E-state index contributed by atoms with van der Waals surface area (Å²) in [7, 11) is 0. The number of aromatic hydroxyl groups is 1. The lowest BCUT2D eigenvalue weighted by Gasteiger charge is -2.26. The van der Waals surface area contributed by atoms with Crippen LogP contribution in [0.25, 0.3) is 0 Å². The molecule has 5 atom stereocenters. The van der Waals surface area contributed by atoms with E-state index in [4.69, 9.17) is 5.73 Å². The molecule has 0 aromatic heterocycles. The number of phenolic OH excluding ortho intramolecular Hbond substituents is 1. The number of benzene rings is 1. The molecule has 1 aromatic carbocycles. The average molecular weight is 520 g/mol. The molecule has 0 bridgehead atoms. The summed E-state index contributed by atoms with van der Waals surface area (Å²) in [6.07, 6.45) is 1.67. The molecule has 1 fully saturated rings. The normalized spacial score (nSPS) is 18.2. The van der Waals surface area contributed by atoms with Gasteiger partial charge >= 0.3 is 5.97 Å². The number of aliphatic carboxylic acids is 1. The number of nitrogens with two attached hydrogens (primary N) is 1. The summed E-state index contributed by atoms with van der Waals surface area (Å²) in [4.78, 5) is 62.2. The first-order chi connectivity index (χ1) is 17.5. The van der Waals surface area contributed by atoms with Gasteiger partial charge in [0.25, 0.3) is 0 Å². The summed E-state index contributed by atoms with van der Waals surface area (Å²) in [5.41, 5.74) is 5.85. The van der Waals surface area contributed by atoms with Crippen LogP contribution >= 0.6 is 0 Å². The van der Waals surface area contributed by atoms with Crippen molar-refractivity contribution in [1.82, 2.24) is 21.3 Å². The number of amides is 4. The topological polar surface area (TPSA) is 200 Å². The van der Waals surface area contributed by atoms with Gasteiger partial charge in [-0.2, -0.15) is 0 Å². The van der Waals surface area contributed by atoms with Gasteiger partial charge in [0.2, 0.25) is 23.6 Å². The van der Waals surface area contributed by atoms with E-state index >= 15 is 0 Å². The Hall–Kier alpha value is -3.67. The largest absolute Gasteiger partial charge is 0.508 e. The molecule has 1 aliphatic heterocycles. The van der Waals surface area contributed by atoms with Crippen LogP contribution in [0.4, 0.5) is 0 Å². The summed E-state index contributed by atoms with van der Waals surface area (Å²) >= 11 is 0. The van der Waals surface area contributed by atoms with E-state index in [1.807, 2.05) is 0 Å². The first-order valence-corrected chi connectivity index (χ1v) is 12.4. The van der Waals surface area contributed by atoms with Crippen LogP contribution in [-0.2, 0) is 30.4 Å². The van der Waals surface area contributed by atoms with Crippen LogP contribution in [0.2, 0.25) is 0 Å². The minimum atomic E-state index is -1.20. The molecule has 1 aliphatic rings. The fraction of sp³-hybridized carbons (Fsp3) is 0.560. The van der Waals surface area contributed by atoms with Gasteiger partial charge in [0.05, 0.1) is 6.04 Å². The van der Waals surface area contributed by atoms with Gasteiger partial charge in [-0.25, -0.2) is 4.79 Å². The van der Waals surface area contributed by atoms with Crippen molar-refractivity contribution in [2.45, 2.75) is 76.5 Å². The maximum Gasteiger partial charge on any atom is 0.326 e. The van der Waals surface area contributed by atoms with Gasteiger partial charge in [-0.15, -0.1) is 0 Å². The fourth-order valence-corrected chi connectivity index (χ4v) is 4.02. The van der Waals surface area contributed by atoms with Crippen LogP contribution in [0, 0.1) is 5.92 Å². The van der Waals surface area contributed by atoms with E-state index in [0.29, 0.717) is 24.9 Å².